The molecule has 1 fully saturated rings. The molecule has 2 aliphatic rings. The molecular weight excluding hydrogens is 269 g/mol. The second kappa shape index (κ2) is 4.03. The lowest BCUT2D eigenvalue weighted by Gasteiger charge is -2.38. The van der Waals surface area contributed by atoms with Gasteiger partial charge in [0.25, 0.3) is 0 Å². The summed E-state index contributed by atoms with van der Waals surface area (Å²) >= 11 is 0. The molecule has 0 unspecified atom stereocenters. The van der Waals surface area contributed by atoms with Crippen molar-refractivity contribution in [3.63, 3.8) is 0 Å². The average Bonchev–Trinajstić information content (AvgIpc) is 2.37. The fraction of sp³-hybridized carbons (Fsp3) is 0.462. The van der Waals surface area contributed by atoms with Crippen LogP contribution < -0.4 is 5.32 Å². The highest BCUT2D eigenvalue weighted by Gasteiger charge is 2.54. The highest BCUT2D eigenvalue weighted by molar-refractivity contribution is 7.94. The molecule has 1 heterocycles. The Balaban J connectivity index is 2.21. The maximum Gasteiger partial charge on any atom is 0.246 e. The Morgan fingerprint density at radius 1 is 1.16 bits per heavy atom. The molecule has 3 rings (SSSR count). The normalized spacial score (nSPS) is 23.7. The molecule has 1 spiro atoms. The molecule has 1 saturated carbocycles. The molecule has 0 saturated heterocycles. The lowest BCUT2D eigenvalue weighted by atomic mass is 9.87. The van der Waals surface area contributed by atoms with Gasteiger partial charge in [-0.2, -0.15) is 0 Å². The zero-order valence-electron chi connectivity index (χ0n) is 10.3. The number of carbonyl (C=O) groups excluding carboxylic acids is 1. The zero-order chi connectivity index (χ0) is 13.7. The third-order valence-electron chi connectivity index (χ3n) is 4.07. The highest BCUT2D eigenvalue weighted by atomic mass is 32.2. The minimum absolute atomic E-state index is 0.0374. The second-order valence-electron chi connectivity index (χ2n) is 5.15. The van der Waals surface area contributed by atoms with Gasteiger partial charge in [-0.25, -0.2) is 12.8 Å². The molecule has 1 aromatic rings. The maximum atomic E-state index is 13.2. The van der Waals surface area contributed by atoms with Crippen molar-refractivity contribution < 1.29 is 17.6 Å². The van der Waals surface area contributed by atoms with Crippen molar-refractivity contribution >= 4 is 21.4 Å². The Morgan fingerprint density at radius 3 is 2.53 bits per heavy atom. The van der Waals surface area contributed by atoms with E-state index in [9.17, 15) is 17.6 Å². The summed E-state index contributed by atoms with van der Waals surface area (Å²) in [5, 5.41) is 2.56. The van der Waals surface area contributed by atoms with Crippen molar-refractivity contribution in [2.75, 3.05) is 5.32 Å². The first-order chi connectivity index (χ1) is 8.97. The van der Waals surface area contributed by atoms with E-state index in [1.54, 1.807) is 0 Å². The van der Waals surface area contributed by atoms with Crippen molar-refractivity contribution in [2.24, 2.45) is 0 Å². The molecule has 1 aliphatic carbocycles. The number of rotatable bonds is 0. The number of halogens is 1. The summed E-state index contributed by atoms with van der Waals surface area (Å²) in [5.41, 5.74) is 0.0567. The summed E-state index contributed by atoms with van der Waals surface area (Å²) in [6, 6.07) is 3.42. The molecule has 1 aliphatic heterocycles. The summed E-state index contributed by atoms with van der Waals surface area (Å²) in [6.45, 7) is 0. The van der Waals surface area contributed by atoms with Crippen LogP contribution in [-0.4, -0.2) is 19.1 Å². The first-order valence-electron chi connectivity index (χ1n) is 6.33. The summed E-state index contributed by atoms with van der Waals surface area (Å²) in [7, 11) is -3.75. The first kappa shape index (κ1) is 12.6. The molecule has 0 aromatic heterocycles. The molecule has 0 radical (unpaired) electrons. The Hall–Kier alpha value is -1.43. The SMILES string of the molecule is O=C1Nc2cc(F)ccc2S(=O)(=O)C12CCCCC2. The van der Waals surface area contributed by atoms with Crippen LogP contribution in [0, 0.1) is 5.82 Å². The maximum absolute atomic E-state index is 13.2. The van der Waals surface area contributed by atoms with Crippen LogP contribution in [0.5, 0.6) is 0 Å². The summed E-state index contributed by atoms with van der Waals surface area (Å²) < 4.78 is 37.2. The quantitative estimate of drug-likeness (QED) is 0.743. The van der Waals surface area contributed by atoms with Gasteiger partial charge < -0.3 is 5.32 Å². The number of sulfone groups is 1. The topological polar surface area (TPSA) is 63.2 Å². The van der Waals surface area contributed by atoms with E-state index >= 15 is 0 Å². The number of anilines is 1. The van der Waals surface area contributed by atoms with Crippen molar-refractivity contribution in [3.8, 4) is 0 Å². The smallest absolute Gasteiger partial charge is 0.246 e. The van der Waals surface area contributed by atoms with Gasteiger partial charge in [-0.1, -0.05) is 19.3 Å². The fourth-order valence-corrected chi connectivity index (χ4v) is 5.21. The van der Waals surface area contributed by atoms with Crippen LogP contribution in [0.1, 0.15) is 32.1 Å². The lowest BCUT2D eigenvalue weighted by molar-refractivity contribution is -0.119. The van der Waals surface area contributed by atoms with Crippen LogP contribution in [0.4, 0.5) is 10.1 Å². The largest absolute Gasteiger partial charge is 0.323 e. The molecular formula is C13H14FNO3S. The number of hydrogen-bond acceptors (Lipinski definition) is 3. The number of fused-ring (bicyclic) bond motifs is 1. The van der Waals surface area contributed by atoms with Crippen LogP contribution >= 0.6 is 0 Å². The van der Waals surface area contributed by atoms with E-state index in [1.165, 1.54) is 6.07 Å². The van der Waals surface area contributed by atoms with Gasteiger partial charge in [-0.3, -0.25) is 4.79 Å². The Labute approximate surface area is 110 Å². The molecule has 4 nitrogen and oxygen atoms in total. The van der Waals surface area contributed by atoms with Crippen LogP contribution in [0.25, 0.3) is 0 Å². The van der Waals surface area contributed by atoms with Crippen LogP contribution in [-0.2, 0) is 14.6 Å². The van der Waals surface area contributed by atoms with E-state index in [0.717, 1.165) is 31.4 Å². The predicted octanol–water partition coefficient (Wildman–Crippen LogP) is 2.25. The summed E-state index contributed by atoms with van der Waals surface area (Å²) in [4.78, 5) is 12.3. The van der Waals surface area contributed by atoms with E-state index in [2.05, 4.69) is 5.32 Å². The van der Waals surface area contributed by atoms with Gasteiger partial charge in [0.2, 0.25) is 5.91 Å². The third kappa shape index (κ3) is 1.62. The van der Waals surface area contributed by atoms with E-state index in [1.807, 2.05) is 0 Å². The molecule has 102 valence electrons. The number of nitrogens with one attached hydrogen (secondary N) is 1. The predicted molar refractivity (Wildman–Crippen MR) is 68.0 cm³/mol. The molecule has 1 aromatic carbocycles. The summed E-state index contributed by atoms with van der Waals surface area (Å²) in [6.07, 6.45) is 3.09. The number of amides is 1. The first-order valence-corrected chi connectivity index (χ1v) is 7.81. The Morgan fingerprint density at radius 2 is 1.84 bits per heavy atom. The average molecular weight is 283 g/mol. The van der Waals surface area contributed by atoms with Gasteiger partial charge in [0.15, 0.2) is 14.6 Å². The molecule has 1 N–H and O–H groups in total. The number of carbonyl (C=O) groups is 1. The monoisotopic (exact) mass is 283 g/mol. The molecule has 0 atom stereocenters. The minimum atomic E-state index is -3.75. The van der Waals surface area contributed by atoms with Gasteiger partial charge in [0, 0.05) is 0 Å². The standard InChI is InChI=1S/C13H14FNO3S/c14-9-4-5-11-10(8-9)15-12(16)13(19(11,17)18)6-2-1-3-7-13/h4-5,8H,1-3,6-7H2,(H,15,16). The van der Waals surface area contributed by atoms with Gasteiger partial charge in [0.1, 0.15) is 5.82 Å². The van der Waals surface area contributed by atoms with Crippen LogP contribution in [0.3, 0.4) is 0 Å². The Kier molecular flexibility index (Phi) is 2.67. The van der Waals surface area contributed by atoms with Crippen molar-refractivity contribution in [1.29, 1.82) is 0 Å². The van der Waals surface area contributed by atoms with E-state index < -0.39 is 26.3 Å². The molecule has 6 heteroatoms. The second-order valence-corrected chi connectivity index (χ2v) is 7.38. The fourth-order valence-electron chi connectivity index (χ4n) is 3.02. The summed E-state index contributed by atoms with van der Waals surface area (Å²) in [5.74, 6) is -1.07. The third-order valence-corrected chi connectivity index (χ3v) is 6.63. The van der Waals surface area contributed by atoms with Crippen molar-refractivity contribution in [3.05, 3.63) is 24.0 Å². The van der Waals surface area contributed by atoms with Gasteiger partial charge in [0.05, 0.1) is 10.6 Å². The van der Waals surface area contributed by atoms with E-state index in [-0.39, 0.29) is 10.6 Å². The lowest BCUT2D eigenvalue weighted by Crippen LogP contribution is -2.53. The van der Waals surface area contributed by atoms with Gasteiger partial charge in [-0.05, 0) is 31.0 Å². The zero-order valence-corrected chi connectivity index (χ0v) is 11.1. The van der Waals surface area contributed by atoms with E-state index in [0.29, 0.717) is 12.8 Å². The number of hydrogen-bond donors (Lipinski definition) is 1. The van der Waals surface area contributed by atoms with Crippen molar-refractivity contribution in [1.82, 2.24) is 0 Å². The van der Waals surface area contributed by atoms with Crippen LogP contribution in [0.2, 0.25) is 0 Å². The van der Waals surface area contributed by atoms with Gasteiger partial charge in [-0.15, -0.1) is 0 Å². The number of benzene rings is 1. The molecule has 0 bridgehead atoms. The van der Waals surface area contributed by atoms with Crippen molar-refractivity contribution in [2.45, 2.75) is 41.7 Å². The molecule has 19 heavy (non-hydrogen) atoms. The Bertz CT molecular complexity index is 648. The van der Waals surface area contributed by atoms with E-state index in [4.69, 9.17) is 0 Å². The van der Waals surface area contributed by atoms with Gasteiger partial charge >= 0.3 is 0 Å². The molecule has 1 amide bonds. The van der Waals surface area contributed by atoms with Crippen LogP contribution in [0.15, 0.2) is 23.1 Å². The minimum Gasteiger partial charge on any atom is -0.323 e. The highest BCUT2D eigenvalue weighted by Crippen LogP contribution is 2.45.